The first kappa shape index (κ1) is 18.1. The van der Waals surface area contributed by atoms with Gasteiger partial charge in [-0.15, -0.1) is 0 Å². The lowest BCUT2D eigenvalue weighted by Crippen LogP contribution is -2.29. The molecular weight excluding hydrogens is 338 g/mol. The number of hydrogen-bond acceptors (Lipinski definition) is 4. The number of aromatic nitrogens is 2. The molecule has 0 amide bonds. The molecule has 0 spiro atoms. The van der Waals surface area contributed by atoms with Gasteiger partial charge in [0.25, 0.3) is 0 Å². The van der Waals surface area contributed by atoms with E-state index in [2.05, 4.69) is 9.55 Å². The normalized spacial score (nSPS) is 18.7. The van der Waals surface area contributed by atoms with Crippen LogP contribution in [-0.2, 0) is 21.3 Å². The molecule has 1 unspecified atom stereocenters. The number of sulfonamides is 1. The van der Waals surface area contributed by atoms with E-state index in [0.29, 0.717) is 24.6 Å². The van der Waals surface area contributed by atoms with Crippen LogP contribution in [0.4, 0.5) is 0 Å². The van der Waals surface area contributed by atoms with Crippen LogP contribution in [0.3, 0.4) is 0 Å². The molecule has 0 radical (unpaired) electrons. The molecule has 0 saturated carbocycles. The predicted molar refractivity (Wildman–Crippen MR) is 96.0 cm³/mol. The van der Waals surface area contributed by atoms with Gasteiger partial charge in [-0.05, 0) is 31.9 Å². The van der Waals surface area contributed by atoms with Crippen LogP contribution in [0.5, 0.6) is 0 Å². The Kier molecular flexibility index (Phi) is 5.56. The van der Waals surface area contributed by atoms with Crippen LogP contribution in [0, 0.1) is 6.92 Å². The number of hydrogen-bond donors (Lipinski definition) is 0. The van der Waals surface area contributed by atoms with Crippen LogP contribution < -0.4 is 0 Å². The molecule has 2 heterocycles. The van der Waals surface area contributed by atoms with Crippen LogP contribution in [0.2, 0.25) is 0 Å². The van der Waals surface area contributed by atoms with E-state index >= 15 is 0 Å². The Morgan fingerprint density at radius 3 is 2.76 bits per heavy atom. The molecule has 2 aromatic rings. The second-order valence-electron chi connectivity index (χ2n) is 6.42. The van der Waals surface area contributed by atoms with Gasteiger partial charge in [0, 0.05) is 51.2 Å². The van der Waals surface area contributed by atoms with Crippen molar-refractivity contribution in [3.8, 4) is 0 Å². The zero-order chi connectivity index (χ0) is 17.9. The summed E-state index contributed by atoms with van der Waals surface area (Å²) in [5.41, 5.74) is 1.11. The van der Waals surface area contributed by atoms with Gasteiger partial charge >= 0.3 is 0 Å². The molecule has 1 aliphatic rings. The van der Waals surface area contributed by atoms with Crippen molar-refractivity contribution in [3.05, 3.63) is 48.0 Å². The summed E-state index contributed by atoms with van der Waals surface area (Å²) in [6.45, 7) is 4.60. The number of nitrogens with zero attached hydrogens (tertiary/aromatic N) is 3. The summed E-state index contributed by atoms with van der Waals surface area (Å²) in [4.78, 5) is 4.92. The third-order valence-corrected chi connectivity index (χ3v) is 6.59. The number of aryl methyl sites for hydroxylation is 1. The lowest BCUT2D eigenvalue weighted by Gasteiger charge is -2.17. The number of benzene rings is 1. The minimum absolute atomic E-state index is 0.134. The Labute approximate surface area is 149 Å². The maximum atomic E-state index is 12.8. The van der Waals surface area contributed by atoms with Crippen molar-refractivity contribution in [2.75, 3.05) is 26.8 Å². The number of methoxy groups -OCH3 is 1. The lowest BCUT2D eigenvalue weighted by atomic mass is 10.1. The van der Waals surface area contributed by atoms with Crippen molar-refractivity contribution in [1.29, 1.82) is 0 Å². The van der Waals surface area contributed by atoms with Gasteiger partial charge < -0.3 is 9.30 Å². The topological polar surface area (TPSA) is 64.4 Å². The zero-order valence-corrected chi connectivity index (χ0v) is 15.6. The van der Waals surface area contributed by atoms with E-state index in [1.165, 1.54) is 0 Å². The van der Waals surface area contributed by atoms with E-state index in [4.69, 9.17) is 4.74 Å². The summed E-state index contributed by atoms with van der Waals surface area (Å²) < 4.78 is 34.5. The van der Waals surface area contributed by atoms with Crippen LogP contribution in [0.1, 0.15) is 30.3 Å². The van der Waals surface area contributed by atoms with Crippen LogP contribution in [-0.4, -0.2) is 49.1 Å². The van der Waals surface area contributed by atoms with E-state index in [0.717, 1.165) is 30.9 Å². The fourth-order valence-corrected chi connectivity index (χ4v) is 4.88. The number of ether oxygens (including phenoxy) is 1. The first-order valence-corrected chi connectivity index (χ1v) is 10.0. The summed E-state index contributed by atoms with van der Waals surface area (Å²) in [7, 11) is -1.73. The molecule has 1 aromatic heterocycles. The highest BCUT2D eigenvalue weighted by molar-refractivity contribution is 7.89. The SMILES string of the molecule is COCCCn1c(C)cnc1C1CCN(S(=O)(=O)c2ccccc2)C1. The lowest BCUT2D eigenvalue weighted by molar-refractivity contribution is 0.189. The maximum absolute atomic E-state index is 12.8. The van der Waals surface area contributed by atoms with Gasteiger partial charge in [0.1, 0.15) is 5.82 Å². The van der Waals surface area contributed by atoms with Gasteiger partial charge in [-0.2, -0.15) is 4.31 Å². The van der Waals surface area contributed by atoms with E-state index < -0.39 is 10.0 Å². The largest absolute Gasteiger partial charge is 0.385 e. The van der Waals surface area contributed by atoms with Gasteiger partial charge in [0.15, 0.2) is 0 Å². The molecule has 25 heavy (non-hydrogen) atoms. The molecule has 1 aromatic carbocycles. The minimum Gasteiger partial charge on any atom is -0.385 e. The van der Waals surface area contributed by atoms with E-state index in [1.54, 1.807) is 35.7 Å². The summed E-state index contributed by atoms with van der Waals surface area (Å²) >= 11 is 0. The summed E-state index contributed by atoms with van der Waals surface area (Å²) in [6, 6.07) is 8.64. The van der Waals surface area contributed by atoms with Crippen LogP contribution in [0.15, 0.2) is 41.4 Å². The summed E-state index contributed by atoms with van der Waals surface area (Å²) in [5, 5.41) is 0. The molecule has 1 atom stereocenters. The number of imidazole rings is 1. The molecule has 1 fully saturated rings. The monoisotopic (exact) mass is 363 g/mol. The zero-order valence-electron chi connectivity index (χ0n) is 14.8. The third kappa shape index (κ3) is 3.78. The van der Waals surface area contributed by atoms with E-state index in [9.17, 15) is 8.42 Å². The van der Waals surface area contributed by atoms with E-state index in [-0.39, 0.29) is 5.92 Å². The molecule has 6 nitrogen and oxygen atoms in total. The highest BCUT2D eigenvalue weighted by Gasteiger charge is 2.35. The van der Waals surface area contributed by atoms with Crippen molar-refractivity contribution in [2.45, 2.75) is 37.1 Å². The Morgan fingerprint density at radius 1 is 1.28 bits per heavy atom. The summed E-state index contributed by atoms with van der Waals surface area (Å²) in [5.74, 6) is 1.12. The molecule has 136 valence electrons. The van der Waals surface area contributed by atoms with Gasteiger partial charge in [-0.1, -0.05) is 18.2 Å². The van der Waals surface area contributed by atoms with Crippen molar-refractivity contribution >= 4 is 10.0 Å². The van der Waals surface area contributed by atoms with E-state index in [1.807, 2.05) is 19.2 Å². The minimum atomic E-state index is -3.43. The van der Waals surface area contributed by atoms with Crippen molar-refractivity contribution in [2.24, 2.45) is 0 Å². The molecular formula is C18H25N3O3S. The van der Waals surface area contributed by atoms with Crippen LogP contribution in [0.25, 0.3) is 0 Å². The second kappa shape index (κ2) is 7.68. The van der Waals surface area contributed by atoms with Crippen molar-refractivity contribution in [3.63, 3.8) is 0 Å². The van der Waals surface area contributed by atoms with Gasteiger partial charge in [-0.25, -0.2) is 13.4 Å². The van der Waals surface area contributed by atoms with Crippen molar-refractivity contribution in [1.82, 2.24) is 13.9 Å². The molecule has 3 rings (SSSR count). The average Bonchev–Trinajstić information content (AvgIpc) is 3.24. The molecule has 0 aliphatic carbocycles. The number of rotatable bonds is 7. The fraction of sp³-hybridized carbons (Fsp3) is 0.500. The fourth-order valence-electron chi connectivity index (χ4n) is 3.36. The molecule has 1 saturated heterocycles. The first-order valence-electron chi connectivity index (χ1n) is 8.60. The van der Waals surface area contributed by atoms with Gasteiger partial charge in [-0.3, -0.25) is 0 Å². The second-order valence-corrected chi connectivity index (χ2v) is 8.36. The summed E-state index contributed by atoms with van der Waals surface area (Å²) in [6.07, 6.45) is 3.59. The standard InChI is InChI=1S/C18H25N3O3S/c1-15-13-19-18(21(15)10-6-12-24-2)16-9-11-20(14-16)25(22,23)17-7-4-3-5-8-17/h3-5,7-8,13,16H,6,9-12,14H2,1-2H3. The molecule has 7 heteroatoms. The highest BCUT2D eigenvalue weighted by atomic mass is 32.2. The van der Waals surface area contributed by atoms with Crippen molar-refractivity contribution < 1.29 is 13.2 Å². The predicted octanol–water partition coefficient (Wildman–Crippen LogP) is 2.41. The Morgan fingerprint density at radius 2 is 2.04 bits per heavy atom. The highest BCUT2D eigenvalue weighted by Crippen LogP contribution is 2.31. The third-order valence-electron chi connectivity index (χ3n) is 4.71. The molecule has 1 aliphatic heterocycles. The first-order chi connectivity index (χ1) is 12.0. The Bertz CT molecular complexity index is 802. The Hall–Kier alpha value is -1.70. The van der Waals surface area contributed by atoms with Gasteiger partial charge in [0.2, 0.25) is 10.0 Å². The molecule has 0 N–H and O–H groups in total. The quantitative estimate of drug-likeness (QED) is 0.709. The van der Waals surface area contributed by atoms with Gasteiger partial charge in [0.05, 0.1) is 4.90 Å². The van der Waals surface area contributed by atoms with Crippen LogP contribution >= 0.6 is 0 Å². The Balaban J connectivity index is 1.75. The maximum Gasteiger partial charge on any atom is 0.243 e. The average molecular weight is 363 g/mol. The molecule has 0 bridgehead atoms. The smallest absolute Gasteiger partial charge is 0.243 e.